The van der Waals surface area contributed by atoms with E-state index < -0.39 is 12.0 Å². The Labute approximate surface area is 98.0 Å². The van der Waals surface area contributed by atoms with E-state index in [1.54, 1.807) is 6.20 Å². The lowest BCUT2D eigenvalue weighted by Crippen LogP contribution is -2.49. The van der Waals surface area contributed by atoms with Crippen LogP contribution >= 0.6 is 0 Å². The molecule has 1 N–H and O–H groups in total. The molecule has 2 rings (SSSR count). The minimum Gasteiger partial charge on any atom is -0.480 e. The number of rotatable bonds is 3. The van der Waals surface area contributed by atoms with E-state index in [4.69, 9.17) is 5.11 Å². The molecule has 1 aromatic rings. The van der Waals surface area contributed by atoms with Crippen LogP contribution in [-0.2, 0) is 16.1 Å². The molecule has 1 amide bonds. The van der Waals surface area contributed by atoms with Crippen LogP contribution in [-0.4, -0.2) is 49.5 Å². The van der Waals surface area contributed by atoms with Crippen LogP contribution in [0.3, 0.4) is 0 Å². The van der Waals surface area contributed by atoms with Gasteiger partial charge in [-0.15, -0.1) is 5.10 Å². The molecule has 1 aromatic heterocycles. The molecule has 0 spiro atoms. The number of aliphatic carboxylic acids is 1. The average molecular weight is 238 g/mol. The fourth-order valence-corrected chi connectivity index (χ4v) is 2.03. The van der Waals surface area contributed by atoms with Gasteiger partial charge in [0.1, 0.15) is 12.6 Å². The second kappa shape index (κ2) is 4.94. The first kappa shape index (κ1) is 11.6. The van der Waals surface area contributed by atoms with E-state index in [2.05, 4.69) is 10.3 Å². The van der Waals surface area contributed by atoms with Crippen LogP contribution in [0.25, 0.3) is 0 Å². The van der Waals surface area contributed by atoms with Crippen molar-refractivity contribution < 1.29 is 14.7 Å². The molecule has 7 heteroatoms. The number of amides is 1. The van der Waals surface area contributed by atoms with Crippen molar-refractivity contribution in [1.29, 1.82) is 0 Å². The smallest absolute Gasteiger partial charge is 0.326 e. The van der Waals surface area contributed by atoms with E-state index in [0.29, 0.717) is 13.0 Å². The summed E-state index contributed by atoms with van der Waals surface area (Å²) in [7, 11) is 0. The Morgan fingerprint density at radius 1 is 1.41 bits per heavy atom. The summed E-state index contributed by atoms with van der Waals surface area (Å²) in [5.41, 5.74) is 0. The third-order valence-corrected chi connectivity index (χ3v) is 2.88. The van der Waals surface area contributed by atoms with Gasteiger partial charge < -0.3 is 10.0 Å². The molecule has 1 aliphatic heterocycles. The number of nitrogens with zero attached hydrogens (tertiary/aromatic N) is 4. The fourth-order valence-electron chi connectivity index (χ4n) is 2.03. The second-order valence-electron chi connectivity index (χ2n) is 4.04. The predicted octanol–water partition coefficient (Wildman–Crippen LogP) is -0.256. The van der Waals surface area contributed by atoms with Crippen molar-refractivity contribution in [2.24, 2.45) is 0 Å². The number of aromatic nitrogens is 3. The fraction of sp³-hybridized carbons (Fsp3) is 0.600. The van der Waals surface area contributed by atoms with Gasteiger partial charge in [-0.1, -0.05) is 5.21 Å². The van der Waals surface area contributed by atoms with Crippen LogP contribution in [0.1, 0.15) is 19.3 Å². The number of likely N-dealkylation sites (tertiary alicyclic amines) is 1. The van der Waals surface area contributed by atoms with Crippen molar-refractivity contribution in [2.45, 2.75) is 31.8 Å². The van der Waals surface area contributed by atoms with Gasteiger partial charge in [0.25, 0.3) is 0 Å². The van der Waals surface area contributed by atoms with Gasteiger partial charge in [-0.2, -0.15) is 0 Å². The molecule has 0 aliphatic carbocycles. The number of hydrogen-bond acceptors (Lipinski definition) is 4. The minimum absolute atomic E-state index is 0.0454. The van der Waals surface area contributed by atoms with Crippen molar-refractivity contribution in [2.75, 3.05) is 6.54 Å². The van der Waals surface area contributed by atoms with Crippen molar-refractivity contribution in [3.63, 3.8) is 0 Å². The SMILES string of the molecule is O=C(O)[C@@H]1CCCCN1C(=O)Cn1ccnn1. The topological polar surface area (TPSA) is 88.3 Å². The number of hydrogen-bond donors (Lipinski definition) is 1. The first-order valence-electron chi connectivity index (χ1n) is 5.55. The van der Waals surface area contributed by atoms with E-state index in [9.17, 15) is 9.59 Å². The zero-order valence-corrected chi connectivity index (χ0v) is 9.32. The minimum atomic E-state index is -0.934. The molecule has 17 heavy (non-hydrogen) atoms. The van der Waals surface area contributed by atoms with Gasteiger partial charge in [0.05, 0.1) is 6.20 Å². The summed E-state index contributed by atoms with van der Waals surface area (Å²) in [5.74, 6) is -1.15. The highest BCUT2D eigenvalue weighted by Crippen LogP contribution is 2.17. The molecule has 0 radical (unpaired) electrons. The maximum Gasteiger partial charge on any atom is 0.326 e. The molecule has 0 aromatic carbocycles. The van der Waals surface area contributed by atoms with Gasteiger partial charge in [-0.05, 0) is 19.3 Å². The monoisotopic (exact) mass is 238 g/mol. The van der Waals surface area contributed by atoms with Crippen molar-refractivity contribution in [1.82, 2.24) is 19.9 Å². The Kier molecular flexibility index (Phi) is 3.36. The summed E-state index contributed by atoms with van der Waals surface area (Å²) in [5, 5.41) is 16.3. The third-order valence-electron chi connectivity index (χ3n) is 2.88. The standard InChI is InChI=1S/C10H14N4O3/c15-9(7-13-6-4-11-12-13)14-5-2-1-3-8(14)10(16)17/h4,6,8H,1-3,5,7H2,(H,16,17)/t8-/m0/s1. The van der Waals surface area contributed by atoms with Crippen molar-refractivity contribution in [3.8, 4) is 0 Å². The number of carbonyl (C=O) groups excluding carboxylic acids is 1. The summed E-state index contributed by atoms with van der Waals surface area (Å²) in [6.07, 6.45) is 5.30. The molecule has 7 nitrogen and oxygen atoms in total. The van der Waals surface area contributed by atoms with Crippen LogP contribution in [0.15, 0.2) is 12.4 Å². The summed E-state index contributed by atoms with van der Waals surface area (Å²) in [6, 6.07) is -0.695. The molecule has 1 fully saturated rings. The Morgan fingerprint density at radius 3 is 2.88 bits per heavy atom. The zero-order valence-electron chi connectivity index (χ0n) is 9.32. The highest BCUT2D eigenvalue weighted by atomic mass is 16.4. The number of carboxylic acids is 1. The van der Waals surface area contributed by atoms with E-state index in [0.717, 1.165) is 12.8 Å². The number of carboxylic acid groups (broad SMARTS) is 1. The summed E-state index contributed by atoms with van der Waals surface area (Å²) in [4.78, 5) is 24.4. The third kappa shape index (κ3) is 2.61. The maximum absolute atomic E-state index is 12.0. The highest BCUT2D eigenvalue weighted by Gasteiger charge is 2.31. The van der Waals surface area contributed by atoms with E-state index >= 15 is 0 Å². The first-order chi connectivity index (χ1) is 8.18. The molecule has 0 saturated carbocycles. The van der Waals surface area contributed by atoms with Gasteiger partial charge in [-0.25, -0.2) is 9.48 Å². The molecular weight excluding hydrogens is 224 g/mol. The molecule has 1 saturated heterocycles. The molecule has 2 heterocycles. The maximum atomic E-state index is 12.0. The average Bonchev–Trinajstić information content (AvgIpc) is 2.81. The number of carbonyl (C=O) groups is 2. The molecule has 1 aliphatic rings. The predicted molar refractivity (Wildman–Crippen MR) is 57.0 cm³/mol. The van der Waals surface area contributed by atoms with Crippen LogP contribution < -0.4 is 0 Å². The molecule has 92 valence electrons. The van der Waals surface area contributed by atoms with E-state index in [-0.39, 0.29) is 12.5 Å². The van der Waals surface area contributed by atoms with Crippen molar-refractivity contribution >= 4 is 11.9 Å². The Bertz CT molecular complexity index is 404. The van der Waals surface area contributed by atoms with Crippen LogP contribution in [0.5, 0.6) is 0 Å². The largest absolute Gasteiger partial charge is 0.480 e. The molecule has 1 atom stereocenters. The quantitative estimate of drug-likeness (QED) is 0.784. The Hall–Kier alpha value is -1.92. The summed E-state index contributed by atoms with van der Waals surface area (Å²) in [6.45, 7) is 0.550. The lowest BCUT2D eigenvalue weighted by Gasteiger charge is -2.32. The summed E-state index contributed by atoms with van der Waals surface area (Å²) < 4.78 is 1.40. The normalized spacial score (nSPS) is 20.2. The van der Waals surface area contributed by atoms with E-state index in [1.165, 1.54) is 15.8 Å². The lowest BCUT2D eigenvalue weighted by atomic mass is 10.0. The van der Waals surface area contributed by atoms with Gasteiger partial charge in [0.15, 0.2) is 0 Å². The van der Waals surface area contributed by atoms with Gasteiger partial charge in [-0.3, -0.25) is 4.79 Å². The van der Waals surface area contributed by atoms with Gasteiger partial charge in [0, 0.05) is 12.7 Å². The highest BCUT2D eigenvalue weighted by molar-refractivity contribution is 5.83. The van der Waals surface area contributed by atoms with Crippen LogP contribution in [0.4, 0.5) is 0 Å². The van der Waals surface area contributed by atoms with Gasteiger partial charge >= 0.3 is 5.97 Å². The van der Waals surface area contributed by atoms with E-state index in [1.807, 2.05) is 0 Å². The van der Waals surface area contributed by atoms with Crippen LogP contribution in [0.2, 0.25) is 0 Å². The molecule has 0 unspecified atom stereocenters. The van der Waals surface area contributed by atoms with Gasteiger partial charge in [0.2, 0.25) is 5.91 Å². The zero-order chi connectivity index (χ0) is 12.3. The van der Waals surface area contributed by atoms with Crippen molar-refractivity contribution in [3.05, 3.63) is 12.4 Å². The Balaban J connectivity index is 2.03. The second-order valence-corrected chi connectivity index (χ2v) is 4.04. The summed E-state index contributed by atoms with van der Waals surface area (Å²) >= 11 is 0. The number of piperidine rings is 1. The Morgan fingerprint density at radius 2 is 2.24 bits per heavy atom. The van der Waals surface area contributed by atoms with Crippen LogP contribution in [0, 0.1) is 0 Å². The first-order valence-corrected chi connectivity index (χ1v) is 5.55. The molecular formula is C10H14N4O3. The molecule has 0 bridgehead atoms. The lowest BCUT2D eigenvalue weighted by molar-refractivity contribution is -0.152.